The second kappa shape index (κ2) is 9.59. The lowest BCUT2D eigenvalue weighted by atomic mass is 10.1. The van der Waals surface area contributed by atoms with Crippen molar-refractivity contribution in [2.45, 2.75) is 27.3 Å². The number of halogens is 1. The second-order valence-electron chi connectivity index (χ2n) is 6.63. The molecule has 0 aromatic heterocycles. The molecule has 1 aromatic carbocycles. The van der Waals surface area contributed by atoms with Gasteiger partial charge in [-0.3, -0.25) is 9.69 Å². The summed E-state index contributed by atoms with van der Waals surface area (Å²) >= 11 is 0. The van der Waals surface area contributed by atoms with Crippen LogP contribution in [0.5, 0.6) is 0 Å². The number of aryl methyl sites for hydroxylation is 1. The number of nitrogens with zero attached hydrogens (tertiary/aromatic N) is 3. The number of hydrogen-bond acceptors (Lipinski definition) is 4. The standard InChI is InChI=1S/C18H29FN4O3S/c1-4-22(5-2)27(25,26)23-10-8-21(9-11-23)14-18(24)20-13-16-7-6-15(3)17(19)12-16/h6-7,12H,4-5,8-11,13-14H2,1-3H3,(H,20,24). The van der Waals surface area contributed by atoms with Crippen molar-refractivity contribution in [3.8, 4) is 0 Å². The maximum atomic E-state index is 13.5. The average molecular weight is 401 g/mol. The molecule has 7 nitrogen and oxygen atoms in total. The Morgan fingerprint density at radius 3 is 2.37 bits per heavy atom. The topological polar surface area (TPSA) is 73.0 Å². The number of hydrogen-bond donors (Lipinski definition) is 1. The summed E-state index contributed by atoms with van der Waals surface area (Å²) in [5, 5.41) is 2.78. The van der Waals surface area contributed by atoms with Crippen LogP contribution in [-0.2, 0) is 21.5 Å². The van der Waals surface area contributed by atoms with Crippen LogP contribution in [0, 0.1) is 12.7 Å². The molecule has 1 aromatic rings. The van der Waals surface area contributed by atoms with Crippen LogP contribution in [0.2, 0.25) is 0 Å². The second-order valence-corrected chi connectivity index (χ2v) is 8.56. The van der Waals surface area contributed by atoms with Crippen LogP contribution in [0.4, 0.5) is 4.39 Å². The van der Waals surface area contributed by atoms with Gasteiger partial charge in [0.2, 0.25) is 5.91 Å². The Balaban J connectivity index is 1.79. The van der Waals surface area contributed by atoms with Crippen LogP contribution in [0.15, 0.2) is 18.2 Å². The fourth-order valence-corrected chi connectivity index (χ4v) is 4.64. The minimum absolute atomic E-state index is 0.156. The molecular weight excluding hydrogens is 371 g/mol. The summed E-state index contributed by atoms with van der Waals surface area (Å²) in [6, 6.07) is 4.90. The van der Waals surface area contributed by atoms with E-state index in [1.54, 1.807) is 19.1 Å². The number of amides is 1. The molecule has 0 radical (unpaired) electrons. The molecule has 2 rings (SSSR count). The molecule has 0 saturated carbocycles. The van der Waals surface area contributed by atoms with E-state index in [1.165, 1.54) is 14.7 Å². The molecule has 1 aliphatic rings. The Bertz CT molecular complexity index is 745. The molecule has 1 saturated heterocycles. The molecule has 0 unspecified atom stereocenters. The third kappa shape index (κ3) is 5.71. The summed E-state index contributed by atoms with van der Waals surface area (Å²) in [4.78, 5) is 14.1. The summed E-state index contributed by atoms with van der Waals surface area (Å²) in [5.74, 6) is -0.441. The minimum Gasteiger partial charge on any atom is -0.351 e. The zero-order valence-electron chi connectivity index (χ0n) is 16.2. The summed E-state index contributed by atoms with van der Waals surface area (Å²) in [5.41, 5.74) is 1.28. The summed E-state index contributed by atoms with van der Waals surface area (Å²) in [7, 11) is -3.43. The van der Waals surface area contributed by atoms with Gasteiger partial charge in [-0.05, 0) is 24.1 Å². The number of carbonyl (C=O) groups excluding carboxylic acids is 1. The van der Waals surface area contributed by atoms with Gasteiger partial charge in [0, 0.05) is 45.8 Å². The van der Waals surface area contributed by atoms with Crippen LogP contribution in [0.3, 0.4) is 0 Å². The van der Waals surface area contributed by atoms with Crippen LogP contribution in [0.1, 0.15) is 25.0 Å². The van der Waals surface area contributed by atoms with E-state index >= 15 is 0 Å². The van der Waals surface area contributed by atoms with Gasteiger partial charge in [0.05, 0.1) is 6.54 Å². The van der Waals surface area contributed by atoms with Crippen LogP contribution in [-0.4, -0.2) is 73.6 Å². The monoisotopic (exact) mass is 400 g/mol. The van der Waals surface area contributed by atoms with Crippen molar-refractivity contribution >= 4 is 16.1 Å². The fraction of sp³-hybridized carbons (Fsp3) is 0.611. The van der Waals surface area contributed by atoms with Gasteiger partial charge in [0.15, 0.2) is 0 Å². The van der Waals surface area contributed by atoms with E-state index in [9.17, 15) is 17.6 Å². The largest absolute Gasteiger partial charge is 0.351 e. The Morgan fingerprint density at radius 1 is 1.19 bits per heavy atom. The molecule has 1 amide bonds. The van der Waals surface area contributed by atoms with E-state index < -0.39 is 10.2 Å². The molecule has 27 heavy (non-hydrogen) atoms. The van der Waals surface area contributed by atoms with Crippen molar-refractivity contribution in [3.05, 3.63) is 35.1 Å². The molecule has 152 valence electrons. The molecule has 0 aliphatic carbocycles. The molecule has 0 spiro atoms. The van der Waals surface area contributed by atoms with Gasteiger partial charge in [-0.15, -0.1) is 0 Å². The summed E-state index contributed by atoms with van der Waals surface area (Å²) in [6.45, 7) is 8.45. The molecule has 1 aliphatic heterocycles. The summed E-state index contributed by atoms with van der Waals surface area (Å²) < 4.78 is 41.5. The Morgan fingerprint density at radius 2 is 1.81 bits per heavy atom. The molecule has 0 atom stereocenters. The van der Waals surface area contributed by atoms with Gasteiger partial charge in [-0.25, -0.2) is 4.39 Å². The van der Waals surface area contributed by atoms with Crippen molar-refractivity contribution < 1.29 is 17.6 Å². The van der Waals surface area contributed by atoms with Gasteiger partial charge in [0.1, 0.15) is 5.82 Å². The normalized spacial score (nSPS) is 16.6. The Labute approximate surface area is 161 Å². The molecule has 9 heteroatoms. The fourth-order valence-electron chi connectivity index (χ4n) is 3.04. The maximum absolute atomic E-state index is 13.5. The van der Waals surface area contributed by atoms with Gasteiger partial charge in [0.25, 0.3) is 10.2 Å². The van der Waals surface area contributed by atoms with Crippen LogP contribution < -0.4 is 5.32 Å². The number of rotatable bonds is 8. The molecule has 1 N–H and O–H groups in total. The quantitative estimate of drug-likeness (QED) is 0.705. The van der Waals surface area contributed by atoms with Crippen molar-refractivity contribution in [2.75, 3.05) is 45.8 Å². The van der Waals surface area contributed by atoms with Gasteiger partial charge in [-0.1, -0.05) is 26.0 Å². The van der Waals surface area contributed by atoms with E-state index in [0.717, 1.165) is 0 Å². The smallest absolute Gasteiger partial charge is 0.282 e. The highest BCUT2D eigenvalue weighted by atomic mass is 32.2. The van der Waals surface area contributed by atoms with Gasteiger partial charge >= 0.3 is 0 Å². The number of carbonyl (C=O) groups is 1. The highest BCUT2D eigenvalue weighted by Crippen LogP contribution is 2.12. The highest BCUT2D eigenvalue weighted by molar-refractivity contribution is 7.86. The predicted octanol–water partition coefficient (Wildman–Crippen LogP) is 0.955. The maximum Gasteiger partial charge on any atom is 0.282 e. The molecule has 1 fully saturated rings. The van der Waals surface area contributed by atoms with Crippen LogP contribution >= 0.6 is 0 Å². The van der Waals surface area contributed by atoms with E-state index in [0.29, 0.717) is 50.4 Å². The first kappa shape index (κ1) is 21.7. The lowest BCUT2D eigenvalue weighted by Crippen LogP contribution is -2.54. The van der Waals surface area contributed by atoms with E-state index in [-0.39, 0.29) is 24.8 Å². The van der Waals surface area contributed by atoms with Crippen LogP contribution in [0.25, 0.3) is 0 Å². The first-order chi connectivity index (χ1) is 12.8. The lowest BCUT2D eigenvalue weighted by Gasteiger charge is -2.35. The zero-order chi connectivity index (χ0) is 20.0. The van der Waals surface area contributed by atoms with Crippen molar-refractivity contribution in [2.24, 2.45) is 0 Å². The SMILES string of the molecule is CCN(CC)S(=O)(=O)N1CCN(CC(=O)NCc2ccc(C)c(F)c2)CC1. The molecule has 0 bridgehead atoms. The third-order valence-corrected chi connectivity index (χ3v) is 6.97. The van der Waals surface area contributed by atoms with Gasteiger partial charge in [-0.2, -0.15) is 17.0 Å². The Kier molecular flexibility index (Phi) is 7.72. The number of nitrogens with one attached hydrogen (secondary N) is 1. The zero-order valence-corrected chi connectivity index (χ0v) is 17.1. The van der Waals surface area contributed by atoms with Crippen molar-refractivity contribution in [1.29, 1.82) is 0 Å². The molecule has 1 heterocycles. The highest BCUT2D eigenvalue weighted by Gasteiger charge is 2.31. The molecular formula is C18H29FN4O3S. The van der Waals surface area contributed by atoms with Crippen molar-refractivity contribution in [3.63, 3.8) is 0 Å². The first-order valence-electron chi connectivity index (χ1n) is 9.27. The predicted molar refractivity (Wildman–Crippen MR) is 103 cm³/mol. The van der Waals surface area contributed by atoms with Gasteiger partial charge < -0.3 is 5.32 Å². The Hall–Kier alpha value is -1.55. The summed E-state index contributed by atoms with van der Waals surface area (Å²) in [6.07, 6.45) is 0. The third-order valence-electron chi connectivity index (χ3n) is 4.78. The average Bonchev–Trinajstić information content (AvgIpc) is 2.64. The number of piperazine rings is 1. The van der Waals surface area contributed by atoms with E-state index in [4.69, 9.17) is 0 Å². The van der Waals surface area contributed by atoms with E-state index in [1.807, 2.05) is 18.7 Å². The number of benzene rings is 1. The lowest BCUT2D eigenvalue weighted by molar-refractivity contribution is -0.122. The first-order valence-corrected chi connectivity index (χ1v) is 10.7. The van der Waals surface area contributed by atoms with E-state index in [2.05, 4.69) is 5.32 Å². The minimum atomic E-state index is -3.43. The van der Waals surface area contributed by atoms with Crippen molar-refractivity contribution in [1.82, 2.24) is 18.8 Å².